The number of aromatic carboxylic acids is 1. The normalized spacial score (nSPS) is 11.2. The van der Waals surface area contributed by atoms with E-state index in [1.54, 1.807) is 0 Å². The standard InChI is InChI=1S/C11H14FNO4S/c1-2-3-7-18(16,17)13-9-6-4-5-8(10(9)12)11(14)15/h4-6,13H,2-3,7H2,1H3,(H,14,15). The summed E-state index contributed by atoms with van der Waals surface area (Å²) in [5, 5.41) is 8.71. The number of unbranched alkanes of at least 4 members (excludes halogenated alkanes) is 1. The van der Waals surface area contributed by atoms with Gasteiger partial charge in [-0.05, 0) is 18.6 Å². The van der Waals surface area contributed by atoms with Crippen LogP contribution in [0.4, 0.5) is 10.1 Å². The Balaban J connectivity index is 2.98. The molecule has 0 fully saturated rings. The zero-order chi connectivity index (χ0) is 13.8. The van der Waals surface area contributed by atoms with Crippen molar-refractivity contribution in [1.29, 1.82) is 0 Å². The van der Waals surface area contributed by atoms with Crippen molar-refractivity contribution in [3.8, 4) is 0 Å². The third-order valence-corrected chi connectivity index (χ3v) is 3.62. The first-order chi connectivity index (χ1) is 8.37. The van der Waals surface area contributed by atoms with Gasteiger partial charge in [-0.2, -0.15) is 0 Å². The van der Waals surface area contributed by atoms with Crippen LogP contribution in [0.1, 0.15) is 30.1 Å². The minimum absolute atomic E-state index is 0.125. The molecule has 0 aliphatic heterocycles. The lowest BCUT2D eigenvalue weighted by Gasteiger charge is -2.09. The monoisotopic (exact) mass is 275 g/mol. The number of carboxylic acid groups (broad SMARTS) is 1. The van der Waals surface area contributed by atoms with Gasteiger partial charge in [-0.25, -0.2) is 17.6 Å². The van der Waals surface area contributed by atoms with Gasteiger partial charge in [0.1, 0.15) is 0 Å². The van der Waals surface area contributed by atoms with Crippen molar-refractivity contribution < 1.29 is 22.7 Å². The van der Waals surface area contributed by atoms with Gasteiger partial charge in [0.15, 0.2) is 5.82 Å². The maximum absolute atomic E-state index is 13.7. The van der Waals surface area contributed by atoms with Crippen LogP contribution in [0.2, 0.25) is 0 Å². The fourth-order valence-corrected chi connectivity index (χ4v) is 2.59. The van der Waals surface area contributed by atoms with Crippen LogP contribution < -0.4 is 4.72 Å². The number of sulfonamides is 1. The second kappa shape index (κ2) is 5.81. The van der Waals surface area contributed by atoms with Crippen molar-refractivity contribution in [2.75, 3.05) is 10.5 Å². The highest BCUT2D eigenvalue weighted by molar-refractivity contribution is 7.92. The quantitative estimate of drug-likeness (QED) is 0.832. The Labute approximate surface area is 105 Å². The van der Waals surface area contributed by atoms with Gasteiger partial charge in [-0.1, -0.05) is 19.4 Å². The molecule has 0 spiro atoms. The topological polar surface area (TPSA) is 83.5 Å². The van der Waals surface area contributed by atoms with Gasteiger partial charge in [0.2, 0.25) is 10.0 Å². The van der Waals surface area contributed by atoms with Crippen molar-refractivity contribution >= 4 is 21.7 Å². The molecule has 1 rings (SSSR count). The number of nitrogens with one attached hydrogen (secondary N) is 1. The second-order valence-electron chi connectivity index (χ2n) is 3.75. The number of halogens is 1. The molecule has 0 saturated carbocycles. The first-order valence-corrected chi connectivity index (χ1v) is 7.05. The lowest BCUT2D eigenvalue weighted by atomic mass is 10.2. The Hall–Kier alpha value is -1.63. The lowest BCUT2D eigenvalue weighted by molar-refractivity contribution is 0.0692. The molecule has 0 heterocycles. The third-order valence-electron chi connectivity index (χ3n) is 2.26. The van der Waals surface area contributed by atoms with Crippen LogP contribution in [-0.4, -0.2) is 25.2 Å². The van der Waals surface area contributed by atoms with E-state index in [-0.39, 0.29) is 11.4 Å². The van der Waals surface area contributed by atoms with Gasteiger partial charge < -0.3 is 5.11 Å². The van der Waals surface area contributed by atoms with Crippen LogP contribution >= 0.6 is 0 Å². The summed E-state index contributed by atoms with van der Waals surface area (Å²) in [7, 11) is -3.64. The highest BCUT2D eigenvalue weighted by Crippen LogP contribution is 2.19. The molecular weight excluding hydrogens is 261 g/mol. The molecule has 2 N–H and O–H groups in total. The van der Waals surface area contributed by atoms with Gasteiger partial charge in [-0.3, -0.25) is 4.72 Å². The molecule has 18 heavy (non-hydrogen) atoms. The maximum Gasteiger partial charge on any atom is 0.338 e. The van der Waals surface area contributed by atoms with Crippen molar-refractivity contribution in [3.63, 3.8) is 0 Å². The van der Waals surface area contributed by atoms with Crippen LogP contribution in [0.3, 0.4) is 0 Å². The van der Waals surface area contributed by atoms with Gasteiger partial charge in [0, 0.05) is 0 Å². The highest BCUT2D eigenvalue weighted by atomic mass is 32.2. The molecule has 0 aromatic heterocycles. The minimum Gasteiger partial charge on any atom is -0.478 e. The number of rotatable bonds is 6. The summed E-state index contributed by atoms with van der Waals surface area (Å²) in [6.45, 7) is 1.83. The Bertz CT molecular complexity index is 542. The number of carboxylic acids is 1. The van der Waals surface area contributed by atoms with E-state index in [4.69, 9.17) is 5.11 Å². The fraction of sp³-hybridized carbons (Fsp3) is 0.364. The largest absolute Gasteiger partial charge is 0.478 e. The molecule has 0 aliphatic rings. The Morgan fingerprint density at radius 2 is 2.11 bits per heavy atom. The number of anilines is 1. The van der Waals surface area contributed by atoms with Gasteiger partial charge in [-0.15, -0.1) is 0 Å². The highest BCUT2D eigenvalue weighted by Gasteiger charge is 2.17. The van der Waals surface area contributed by atoms with E-state index in [1.807, 2.05) is 6.92 Å². The second-order valence-corrected chi connectivity index (χ2v) is 5.59. The zero-order valence-electron chi connectivity index (χ0n) is 9.81. The fourth-order valence-electron chi connectivity index (χ4n) is 1.33. The summed E-state index contributed by atoms with van der Waals surface area (Å²) in [5.74, 6) is -2.65. The minimum atomic E-state index is -3.64. The Morgan fingerprint density at radius 3 is 2.67 bits per heavy atom. The molecule has 100 valence electrons. The predicted octanol–water partition coefficient (Wildman–Crippen LogP) is 2.07. The summed E-state index contributed by atoms with van der Waals surface area (Å²) < 4.78 is 38.9. The first kappa shape index (κ1) is 14.4. The van der Waals surface area contributed by atoms with Crippen LogP contribution in [0.5, 0.6) is 0 Å². The summed E-state index contributed by atoms with van der Waals surface area (Å²) in [6.07, 6.45) is 1.15. The summed E-state index contributed by atoms with van der Waals surface area (Å²) in [4.78, 5) is 10.7. The molecule has 0 radical (unpaired) electrons. The molecule has 5 nitrogen and oxygen atoms in total. The van der Waals surface area contributed by atoms with Gasteiger partial charge in [0.25, 0.3) is 0 Å². The molecule has 0 atom stereocenters. The molecule has 0 unspecified atom stereocenters. The predicted molar refractivity (Wildman–Crippen MR) is 65.7 cm³/mol. The molecule has 7 heteroatoms. The van der Waals surface area contributed by atoms with Crippen LogP contribution in [-0.2, 0) is 10.0 Å². The van der Waals surface area contributed by atoms with Crippen LogP contribution in [0.15, 0.2) is 18.2 Å². The summed E-state index contributed by atoms with van der Waals surface area (Å²) >= 11 is 0. The summed E-state index contributed by atoms with van der Waals surface area (Å²) in [6, 6.07) is 3.54. The van der Waals surface area contributed by atoms with Crippen LogP contribution in [0, 0.1) is 5.82 Å². The molecule has 0 saturated heterocycles. The number of carbonyl (C=O) groups is 1. The van der Waals surface area contributed by atoms with Crippen molar-refractivity contribution in [3.05, 3.63) is 29.6 Å². The van der Waals surface area contributed by atoms with Crippen molar-refractivity contribution in [2.45, 2.75) is 19.8 Å². The molecule has 1 aromatic carbocycles. The van der Waals surface area contributed by atoms with Gasteiger partial charge in [0.05, 0.1) is 17.0 Å². The average molecular weight is 275 g/mol. The molecule has 0 aliphatic carbocycles. The SMILES string of the molecule is CCCCS(=O)(=O)Nc1cccc(C(=O)O)c1F. The first-order valence-electron chi connectivity index (χ1n) is 5.39. The van der Waals surface area contributed by atoms with Crippen molar-refractivity contribution in [2.24, 2.45) is 0 Å². The Morgan fingerprint density at radius 1 is 1.44 bits per heavy atom. The van der Waals surface area contributed by atoms with E-state index in [0.717, 1.165) is 6.07 Å². The van der Waals surface area contributed by atoms with E-state index in [2.05, 4.69) is 4.72 Å². The van der Waals surface area contributed by atoms with E-state index in [0.29, 0.717) is 12.8 Å². The zero-order valence-corrected chi connectivity index (χ0v) is 10.6. The van der Waals surface area contributed by atoms with Crippen LogP contribution in [0.25, 0.3) is 0 Å². The smallest absolute Gasteiger partial charge is 0.338 e. The molecule has 0 amide bonds. The van der Waals surface area contributed by atoms with E-state index in [9.17, 15) is 17.6 Å². The summed E-state index contributed by atoms with van der Waals surface area (Å²) in [5.41, 5.74) is -0.906. The lowest BCUT2D eigenvalue weighted by Crippen LogP contribution is -2.18. The Kier molecular flexibility index (Phi) is 4.66. The molecular formula is C11H14FNO4S. The molecule has 0 bridgehead atoms. The van der Waals surface area contributed by atoms with E-state index >= 15 is 0 Å². The van der Waals surface area contributed by atoms with Gasteiger partial charge >= 0.3 is 5.97 Å². The third kappa shape index (κ3) is 3.69. The maximum atomic E-state index is 13.7. The average Bonchev–Trinajstić information content (AvgIpc) is 2.29. The number of hydrogen-bond donors (Lipinski definition) is 2. The van der Waals surface area contributed by atoms with Crippen molar-refractivity contribution in [1.82, 2.24) is 0 Å². The van der Waals surface area contributed by atoms with E-state index < -0.39 is 27.4 Å². The number of benzene rings is 1. The van der Waals surface area contributed by atoms with E-state index in [1.165, 1.54) is 12.1 Å². The number of hydrogen-bond acceptors (Lipinski definition) is 3. The molecule has 1 aromatic rings.